The van der Waals surface area contributed by atoms with Gasteiger partial charge in [-0.15, -0.1) is 11.8 Å². The maximum Gasteiger partial charge on any atom is 0.340 e. The van der Waals surface area contributed by atoms with Gasteiger partial charge in [0, 0.05) is 4.90 Å². The number of hydrogen-bond acceptors (Lipinski definition) is 4. The highest BCUT2D eigenvalue weighted by Gasteiger charge is 2.21. The Morgan fingerprint density at radius 1 is 1.25 bits per heavy atom. The van der Waals surface area contributed by atoms with E-state index in [9.17, 15) is 9.59 Å². The Morgan fingerprint density at radius 3 is 2.35 bits per heavy atom. The van der Waals surface area contributed by atoms with Gasteiger partial charge in [0.1, 0.15) is 5.60 Å². The van der Waals surface area contributed by atoms with Crippen LogP contribution in [0.25, 0.3) is 0 Å². The molecule has 0 fully saturated rings. The molecule has 110 valence electrons. The van der Waals surface area contributed by atoms with Crippen LogP contribution < -0.4 is 0 Å². The smallest absolute Gasteiger partial charge is 0.340 e. The van der Waals surface area contributed by atoms with E-state index in [1.165, 1.54) is 12.1 Å². The molecule has 1 aromatic carbocycles. The van der Waals surface area contributed by atoms with Crippen LogP contribution in [0.15, 0.2) is 17.0 Å². The van der Waals surface area contributed by atoms with Crippen LogP contribution in [-0.2, 0) is 9.53 Å². The van der Waals surface area contributed by atoms with E-state index in [2.05, 4.69) is 0 Å². The number of ether oxygens (including phenoxy) is 1. The number of carboxylic acids is 1. The normalized spacial score (nSPS) is 11.2. The van der Waals surface area contributed by atoms with Gasteiger partial charge < -0.3 is 9.84 Å². The van der Waals surface area contributed by atoms with Gasteiger partial charge in [0.15, 0.2) is 0 Å². The molecule has 20 heavy (non-hydrogen) atoms. The fourth-order valence-electron chi connectivity index (χ4n) is 1.27. The molecule has 4 nitrogen and oxygen atoms in total. The predicted octanol–water partition coefficient (Wildman–Crippen LogP) is 4.13. The van der Waals surface area contributed by atoms with Gasteiger partial charge in [0.25, 0.3) is 0 Å². The van der Waals surface area contributed by atoms with Crippen LogP contribution in [0.3, 0.4) is 0 Å². The Kier molecular flexibility index (Phi) is 5.74. The van der Waals surface area contributed by atoms with Gasteiger partial charge in [-0.1, -0.05) is 23.2 Å². The van der Waals surface area contributed by atoms with Crippen LogP contribution >= 0.6 is 35.0 Å². The zero-order chi connectivity index (χ0) is 15.5. The monoisotopic (exact) mass is 336 g/mol. The van der Waals surface area contributed by atoms with E-state index in [-0.39, 0.29) is 21.4 Å². The van der Waals surface area contributed by atoms with Gasteiger partial charge in [-0.3, -0.25) is 4.79 Å². The number of benzene rings is 1. The van der Waals surface area contributed by atoms with Gasteiger partial charge in [-0.25, -0.2) is 4.79 Å². The predicted molar refractivity (Wildman–Crippen MR) is 80.0 cm³/mol. The molecule has 0 aliphatic carbocycles. The van der Waals surface area contributed by atoms with Crippen molar-refractivity contribution in [2.45, 2.75) is 31.3 Å². The minimum absolute atomic E-state index is 0.137. The second kappa shape index (κ2) is 6.70. The van der Waals surface area contributed by atoms with Crippen molar-refractivity contribution in [2.75, 3.05) is 5.75 Å². The van der Waals surface area contributed by atoms with Crippen LogP contribution in [0, 0.1) is 0 Å². The third-order valence-corrected chi connectivity index (χ3v) is 3.77. The fraction of sp³-hybridized carbons (Fsp3) is 0.385. The lowest BCUT2D eigenvalue weighted by atomic mass is 10.1. The van der Waals surface area contributed by atoms with Crippen LogP contribution in [0.5, 0.6) is 0 Å². The second-order valence-electron chi connectivity index (χ2n) is 4.95. The molecule has 0 aromatic heterocycles. The molecule has 0 heterocycles. The molecule has 7 heteroatoms. The standard InChI is InChI=1S/C13H14Cl2O4S/c1-13(2,3)19-12(18)7-4-9(15)10(5-8(7)14)20-6-11(16)17/h4-5H,6H2,1-3H3,(H,16,17). The summed E-state index contributed by atoms with van der Waals surface area (Å²) in [5, 5.41) is 9.08. The Balaban J connectivity index is 2.99. The van der Waals surface area contributed by atoms with Gasteiger partial charge in [0.05, 0.1) is 21.4 Å². The summed E-state index contributed by atoms with van der Waals surface area (Å²) in [4.78, 5) is 23.0. The largest absolute Gasteiger partial charge is 0.481 e. The number of carboxylic acid groups (broad SMARTS) is 1. The quantitative estimate of drug-likeness (QED) is 0.661. The highest BCUT2D eigenvalue weighted by Crippen LogP contribution is 2.33. The molecule has 0 unspecified atom stereocenters. The Bertz CT molecular complexity index is 538. The van der Waals surface area contributed by atoms with E-state index in [0.29, 0.717) is 4.90 Å². The molecular weight excluding hydrogens is 323 g/mol. The zero-order valence-electron chi connectivity index (χ0n) is 11.2. The molecule has 1 rings (SSSR count). The van der Waals surface area contributed by atoms with Crippen LogP contribution in [0.1, 0.15) is 31.1 Å². The van der Waals surface area contributed by atoms with Crippen LogP contribution in [0.2, 0.25) is 10.0 Å². The van der Waals surface area contributed by atoms with Crippen molar-refractivity contribution in [3.05, 3.63) is 27.7 Å². The van der Waals surface area contributed by atoms with Gasteiger partial charge >= 0.3 is 11.9 Å². The number of rotatable bonds is 4. The first-order valence-electron chi connectivity index (χ1n) is 5.67. The molecule has 1 N–H and O–H groups in total. The maximum atomic E-state index is 11.9. The highest BCUT2D eigenvalue weighted by atomic mass is 35.5. The zero-order valence-corrected chi connectivity index (χ0v) is 13.5. The number of aliphatic carboxylic acids is 1. The summed E-state index contributed by atoms with van der Waals surface area (Å²) in [6, 6.07) is 2.86. The molecular formula is C13H14Cl2O4S. The summed E-state index contributed by atoms with van der Waals surface area (Å²) in [6.07, 6.45) is 0. The first kappa shape index (κ1) is 17.1. The molecule has 0 atom stereocenters. The van der Waals surface area contributed by atoms with Crippen molar-refractivity contribution in [3.8, 4) is 0 Å². The van der Waals surface area contributed by atoms with E-state index in [4.69, 9.17) is 33.0 Å². The third kappa shape index (κ3) is 5.23. The summed E-state index contributed by atoms with van der Waals surface area (Å²) < 4.78 is 5.21. The van der Waals surface area contributed by atoms with Crippen molar-refractivity contribution >= 4 is 46.9 Å². The SMILES string of the molecule is CC(C)(C)OC(=O)c1cc(Cl)c(SCC(=O)O)cc1Cl. The molecule has 0 amide bonds. The first-order chi connectivity index (χ1) is 9.10. The lowest BCUT2D eigenvalue weighted by Gasteiger charge is -2.20. The van der Waals surface area contributed by atoms with Crippen molar-refractivity contribution in [1.82, 2.24) is 0 Å². The lowest BCUT2D eigenvalue weighted by molar-refractivity contribution is -0.133. The highest BCUT2D eigenvalue weighted by molar-refractivity contribution is 8.00. The third-order valence-electron chi connectivity index (χ3n) is 1.99. The summed E-state index contributed by atoms with van der Waals surface area (Å²) >= 11 is 13.1. The van der Waals surface area contributed by atoms with E-state index in [1.54, 1.807) is 20.8 Å². The number of halogens is 2. The average Bonchev–Trinajstić information content (AvgIpc) is 2.27. The average molecular weight is 337 g/mol. The summed E-state index contributed by atoms with van der Waals surface area (Å²) in [7, 11) is 0. The first-order valence-corrected chi connectivity index (χ1v) is 7.41. The molecule has 0 radical (unpaired) electrons. The van der Waals surface area contributed by atoms with Gasteiger partial charge in [0.2, 0.25) is 0 Å². The maximum absolute atomic E-state index is 11.9. The topological polar surface area (TPSA) is 63.6 Å². The molecule has 0 aliphatic heterocycles. The number of carbonyl (C=O) groups is 2. The minimum Gasteiger partial charge on any atom is -0.481 e. The molecule has 1 aromatic rings. The van der Waals surface area contributed by atoms with Crippen molar-refractivity contribution in [2.24, 2.45) is 0 Å². The van der Waals surface area contributed by atoms with E-state index >= 15 is 0 Å². The Morgan fingerprint density at radius 2 is 1.85 bits per heavy atom. The van der Waals surface area contributed by atoms with Gasteiger partial charge in [-0.05, 0) is 32.9 Å². The van der Waals surface area contributed by atoms with Crippen LogP contribution in [-0.4, -0.2) is 28.4 Å². The molecule has 0 spiro atoms. The molecule has 0 bridgehead atoms. The molecule has 0 saturated heterocycles. The molecule has 0 aliphatic rings. The van der Waals surface area contributed by atoms with Crippen molar-refractivity contribution in [3.63, 3.8) is 0 Å². The Hall–Kier alpha value is -0.910. The van der Waals surface area contributed by atoms with E-state index in [0.717, 1.165) is 11.8 Å². The van der Waals surface area contributed by atoms with E-state index < -0.39 is 17.5 Å². The summed E-state index contributed by atoms with van der Waals surface area (Å²) in [5.41, 5.74) is -0.477. The van der Waals surface area contributed by atoms with Crippen molar-refractivity contribution < 1.29 is 19.4 Å². The number of carbonyl (C=O) groups excluding carboxylic acids is 1. The van der Waals surface area contributed by atoms with Crippen LogP contribution in [0.4, 0.5) is 0 Å². The number of thioether (sulfide) groups is 1. The van der Waals surface area contributed by atoms with E-state index in [1.807, 2.05) is 0 Å². The lowest BCUT2D eigenvalue weighted by Crippen LogP contribution is -2.24. The minimum atomic E-state index is -0.960. The van der Waals surface area contributed by atoms with Gasteiger partial charge in [-0.2, -0.15) is 0 Å². The summed E-state index contributed by atoms with van der Waals surface area (Å²) in [6.45, 7) is 5.24. The number of hydrogen-bond donors (Lipinski definition) is 1. The molecule has 0 saturated carbocycles. The fourth-order valence-corrected chi connectivity index (χ4v) is 2.58. The Labute approximate surface area is 131 Å². The number of esters is 1. The second-order valence-corrected chi connectivity index (χ2v) is 6.78. The van der Waals surface area contributed by atoms with Crippen molar-refractivity contribution in [1.29, 1.82) is 0 Å². The summed E-state index contributed by atoms with van der Waals surface area (Å²) in [5.74, 6) is -1.67.